The zero-order chi connectivity index (χ0) is 17.9. The Morgan fingerprint density at radius 2 is 1.96 bits per heavy atom. The van der Waals surface area contributed by atoms with Crippen molar-refractivity contribution in [3.8, 4) is 0 Å². The molecule has 2 rings (SSSR count). The van der Waals surface area contributed by atoms with Gasteiger partial charge in [0.15, 0.2) is 0 Å². The lowest BCUT2D eigenvalue weighted by molar-refractivity contribution is -0.217. The molecule has 0 aromatic rings. The Morgan fingerprint density at radius 1 is 1.25 bits per heavy atom. The molecule has 2 fully saturated rings. The van der Waals surface area contributed by atoms with Crippen molar-refractivity contribution in [3.05, 3.63) is 0 Å². The van der Waals surface area contributed by atoms with Gasteiger partial charge in [-0.3, -0.25) is 0 Å². The Morgan fingerprint density at radius 3 is 2.58 bits per heavy atom. The largest absolute Gasteiger partial charge is 0.780 e. The summed E-state index contributed by atoms with van der Waals surface area (Å²) in [5.74, 6) is -0.0311. The van der Waals surface area contributed by atoms with Crippen LogP contribution in [-0.4, -0.2) is 63.1 Å². The minimum Gasteiger partial charge on any atom is -0.780 e. The van der Waals surface area contributed by atoms with Crippen LogP contribution in [0.5, 0.6) is 0 Å². The maximum absolute atomic E-state index is 12.5. The van der Waals surface area contributed by atoms with Crippen molar-refractivity contribution in [2.45, 2.75) is 57.2 Å². The fourth-order valence-electron chi connectivity index (χ4n) is 3.56. The van der Waals surface area contributed by atoms with E-state index in [4.69, 9.17) is 35.1 Å². The monoisotopic (exact) mass is 383 g/mol. The van der Waals surface area contributed by atoms with Gasteiger partial charge in [-0.1, -0.05) is 18.7 Å². The van der Waals surface area contributed by atoms with Crippen LogP contribution in [0.3, 0.4) is 0 Å². The summed E-state index contributed by atoms with van der Waals surface area (Å²) in [5, 5.41) is 10.3. The van der Waals surface area contributed by atoms with Crippen LogP contribution in [0.4, 0.5) is 0 Å². The summed E-state index contributed by atoms with van der Waals surface area (Å²) in [4.78, 5) is 12.5. The molecular weight excluding hydrogens is 355 g/mol. The van der Waals surface area contributed by atoms with Gasteiger partial charge < -0.3 is 33.3 Å². The van der Waals surface area contributed by atoms with Crippen molar-refractivity contribution in [2.75, 3.05) is 27.4 Å². The molecule has 0 spiro atoms. The molecule has 0 bridgehead atoms. The molecule has 0 aromatic heterocycles. The summed E-state index contributed by atoms with van der Waals surface area (Å²) in [5.41, 5.74) is 0. The highest BCUT2D eigenvalue weighted by atomic mass is 32.5. The molecule has 0 aromatic carbocycles. The van der Waals surface area contributed by atoms with Crippen LogP contribution < -0.4 is 4.89 Å². The molecule has 1 unspecified atom stereocenters. The SMILES string of the molecule is COC[C@H]1C[C@@H](C)[C@H](OP([O-])(=S)OC[C@H]2O[C@@H](C)C[C@@H]2OC)[C@@H]1O. The van der Waals surface area contributed by atoms with Crippen LogP contribution in [0.25, 0.3) is 0 Å². The van der Waals surface area contributed by atoms with Crippen molar-refractivity contribution < 1.29 is 33.3 Å². The van der Waals surface area contributed by atoms with Gasteiger partial charge in [0, 0.05) is 26.6 Å². The first kappa shape index (κ1) is 20.7. The van der Waals surface area contributed by atoms with E-state index in [-0.39, 0.29) is 36.8 Å². The standard InChI is InChI=1S/C15H29O7PS/c1-9-5-11(7-18-3)14(16)15(9)22-23(17,24)20-8-13-12(19-4)6-10(2)21-13/h9-16H,5-8H2,1-4H3,(H,17,24)/p-1/t9-,10+,11-,12+,13-,14-,15+,23?/m1/s1. The fourth-order valence-corrected chi connectivity index (χ4v) is 5.06. The predicted octanol–water partition coefficient (Wildman–Crippen LogP) is 0.829. The lowest BCUT2D eigenvalue weighted by atomic mass is 10.1. The Bertz CT molecular complexity index is 452. The predicted molar refractivity (Wildman–Crippen MR) is 90.0 cm³/mol. The second-order valence-corrected chi connectivity index (χ2v) is 9.43. The van der Waals surface area contributed by atoms with Gasteiger partial charge in [0.05, 0.1) is 37.6 Å². The first-order valence-corrected chi connectivity index (χ1v) is 10.8. The summed E-state index contributed by atoms with van der Waals surface area (Å²) in [6.07, 6.45) is -0.284. The minimum absolute atomic E-state index is 0.0227. The van der Waals surface area contributed by atoms with E-state index in [2.05, 4.69) is 0 Å². The zero-order valence-electron chi connectivity index (χ0n) is 14.6. The van der Waals surface area contributed by atoms with Gasteiger partial charge in [-0.15, -0.1) is 0 Å². The van der Waals surface area contributed by atoms with Crippen LogP contribution in [0.1, 0.15) is 26.7 Å². The number of rotatable bonds is 8. The van der Waals surface area contributed by atoms with E-state index < -0.39 is 18.9 Å². The van der Waals surface area contributed by atoms with Crippen molar-refractivity contribution in [3.63, 3.8) is 0 Å². The summed E-state index contributed by atoms with van der Waals surface area (Å²) in [7, 11) is 3.19. The van der Waals surface area contributed by atoms with Crippen molar-refractivity contribution in [1.82, 2.24) is 0 Å². The molecule has 9 heteroatoms. The van der Waals surface area contributed by atoms with Crippen molar-refractivity contribution >= 4 is 18.5 Å². The second kappa shape index (κ2) is 8.84. The quantitative estimate of drug-likeness (QED) is 0.617. The third kappa shape index (κ3) is 5.19. The highest BCUT2D eigenvalue weighted by molar-refractivity contribution is 8.06. The summed E-state index contributed by atoms with van der Waals surface area (Å²) < 4.78 is 27.0. The zero-order valence-corrected chi connectivity index (χ0v) is 16.3. The molecule has 142 valence electrons. The van der Waals surface area contributed by atoms with E-state index in [1.807, 2.05) is 13.8 Å². The van der Waals surface area contributed by atoms with E-state index in [9.17, 15) is 10.00 Å². The lowest BCUT2D eigenvalue weighted by Gasteiger charge is -2.34. The van der Waals surface area contributed by atoms with Crippen LogP contribution in [-0.2, 0) is 35.1 Å². The highest BCUT2D eigenvalue weighted by Gasteiger charge is 2.42. The van der Waals surface area contributed by atoms with Crippen LogP contribution in [0, 0.1) is 11.8 Å². The smallest absolute Gasteiger partial charge is 0.116 e. The average Bonchev–Trinajstić information content (AvgIpc) is 3.00. The van der Waals surface area contributed by atoms with Gasteiger partial charge in [-0.2, -0.15) is 0 Å². The molecule has 8 atom stereocenters. The lowest BCUT2D eigenvalue weighted by Crippen LogP contribution is -2.34. The fraction of sp³-hybridized carbons (Fsp3) is 1.00. The molecule has 1 N–H and O–H groups in total. The van der Waals surface area contributed by atoms with Crippen LogP contribution >= 0.6 is 6.72 Å². The molecule has 2 aliphatic rings. The van der Waals surface area contributed by atoms with Gasteiger partial charge in [0.25, 0.3) is 0 Å². The molecule has 7 nitrogen and oxygen atoms in total. The van der Waals surface area contributed by atoms with Gasteiger partial charge in [-0.05, 0) is 19.3 Å². The number of aliphatic hydroxyl groups excluding tert-OH is 1. The number of ether oxygens (including phenoxy) is 3. The minimum atomic E-state index is -3.72. The van der Waals surface area contributed by atoms with Crippen molar-refractivity contribution in [2.24, 2.45) is 11.8 Å². The van der Waals surface area contributed by atoms with E-state index in [0.717, 1.165) is 12.8 Å². The Hall–Kier alpha value is 0.370. The third-order valence-corrected chi connectivity index (χ3v) is 6.31. The van der Waals surface area contributed by atoms with E-state index in [1.54, 1.807) is 14.2 Å². The van der Waals surface area contributed by atoms with E-state index >= 15 is 0 Å². The molecule has 1 aliphatic carbocycles. The molecule has 0 amide bonds. The van der Waals surface area contributed by atoms with Gasteiger partial charge in [0.1, 0.15) is 12.8 Å². The molecule has 1 heterocycles. The maximum atomic E-state index is 12.5. The molecule has 1 saturated heterocycles. The Kier molecular flexibility index (Phi) is 7.62. The first-order valence-electron chi connectivity index (χ1n) is 8.26. The Balaban J connectivity index is 1.88. The molecular formula is C15H28O7PS-. The average molecular weight is 383 g/mol. The van der Waals surface area contributed by atoms with Crippen LogP contribution in [0.15, 0.2) is 0 Å². The van der Waals surface area contributed by atoms with Crippen molar-refractivity contribution in [1.29, 1.82) is 0 Å². The number of methoxy groups -OCH3 is 2. The molecule has 24 heavy (non-hydrogen) atoms. The van der Waals surface area contributed by atoms with E-state index in [1.165, 1.54) is 0 Å². The van der Waals surface area contributed by atoms with Crippen LogP contribution in [0.2, 0.25) is 0 Å². The maximum Gasteiger partial charge on any atom is 0.116 e. The highest BCUT2D eigenvalue weighted by Crippen LogP contribution is 2.47. The van der Waals surface area contributed by atoms with Gasteiger partial charge in [0.2, 0.25) is 0 Å². The number of hydrogen-bond donors (Lipinski definition) is 1. The normalized spacial score (nSPS) is 42.3. The number of aliphatic hydroxyl groups is 1. The second-order valence-electron chi connectivity index (χ2n) is 6.73. The van der Waals surface area contributed by atoms with E-state index in [0.29, 0.717) is 6.61 Å². The van der Waals surface area contributed by atoms with Gasteiger partial charge in [-0.25, -0.2) is 0 Å². The third-order valence-electron chi connectivity index (χ3n) is 4.77. The topological polar surface area (TPSA) is 89.4 Å². The Labute approximate surface area is 148 Å². The summed E-state index contributed by atoms with van der Waals surface area (Å²) in [6.45, 7) is 0.627. The number of hydrogen-bond acceptors (Lipinski definition) is 8. The summed E-state index contributed by atoms with van der Waals surface area (Å²) >= 11 is 5.00. The molecule has 1 aliphatic heterocycles. The van der Waals surface area contributed by atoms with Gasteiger partial charge >= 0.3 is 0 Å². The summed E-state index contributed by atoms with van der Waals surface area (Å²) in [6, 6.07) is 0. The molecule has 0 radical (unpaired) electrons. The first-order chi connectivity index (χ1) is 11.3. The molecule has 1 saturated carbocycles.